The molecule has 0 aliphatic carbocycles. The molecular formula is C15H16N4O3S. The summed E-state index contributed by atoms with van der Waals surface area (Å²) in [5, 5.41) is 16.4. The Bertz CT molecular complexity index is 825. The summed E-state index contributed by atoms with van der Waals surface area (Å²) in [5.41, 5.74) is 1.03. The molecule has 0 saturated carbocycles. The van der Waals surface area contributed by atoms with Crippen LogP contribution in [0.1, 0.15) is 24.9 Å². The normalized spacial score (nSPS) is 12.3. The first-order valence-corrected chi connectivity index (χ1v) is 8.02. The molecule has 0 bridgehead atoms. The topological polar surface area (TPSA) is 81.7 Å². The van der Waals surface area contributed by atoms with Crippen molar-refractivity contribution in [3.05, 3.63) is 51.5 Å². The highest BCUT2D eigenvalue weighted by molar-refractivity contribution is 7.15. The molecule has 0 spiro atoms. The standard InChI is InChI=1S/C15H16N4O3S/c1-3-12(10-4-6-11(22-2)7-5-10)16-13-14(19(20)21)18-8-9-23-15(18)17-13/h4-9,12,16H,3H2,1-2H3. The maximum absolute atomic E-state index is 11.4. The lowest BCUT2D eigenvalue weighted by atomic mass is 10.0. The summed E-state index contributed by atoms with van der Waals surface area (Å²) < 4.78 is 6.65. The minimum Gasteiger partial charge on any atom is -0.497 e. The Kier molecular flexibility index (Phi) is 4.16. The van der Waals surface area contributed by atoms with Crippen molar-refractivity contribution in [3.63, 3.8) is 0 Å². The van der Waals surface area contributed by atoms with E-state index in [1.165, 1.54) is 15.7 Å². The molecule has 3 aromatic rings. The van der Waals surface area contributed by atoms with Gasteiger partial charge in [0.15, 0.2) is 0 Å². The highest BCUT2D eigenvalue weighted by Crippen LogP contribution is 2.32. The monoisotopic (exact) mass is 332 g/mol. The van der Waals surface area contributed by atoms with Crippen molar-refractivity contribution < 1.29 is 9.66 Å². The molecule has 3 rings (SSSR count). The fraction of sp³-hybridized carbons (Fsp3) is 0.267. The molecule has 0 aliphatic heterocycles. The van der Waals surface area contributed by atoms with Gasteiger partial charge in [-0.05, 0) is 29.0 Å². The van der Waals surface area contributed by atoms with Gasteiger partial charge in [0.05, 0.1) is 13.2 Å². The van der Waals surface area contributed by atoms with Crippen molar-refractivity contribution >= 4 is 27.9 Å². The number of benzene rings is 1. The third kappa shape index (κ3) is 2.85. The quantitative estimate of drug-likeness (QED) is 0.547. The summed E-state index contributed by atoms with van der Waals surface area (Å²) >= 11 is 1.37. The lowest BCUT2D eigenvalue weighted by Gasteiger charge is -2.17. The van der Waals surface area contributed by atoms with Crippen molar-refractivity contribution in [1.29, 1.82) is 0 Å². The van der Waals surface area contributed by atoms with Crippen molar-refractivity contribution in [1.82, 2.24) is 9.38 Å². The average Bonchev–Trinajstić information content (AvgIpc) is 3.12. The van der Waals surface area contributed by atoms with E-state index in [-0.39, 0.29) is 11.9 Å². The van der Waals surface area contributed by atoms with Gasteiger partial charge in [-0.2, -0.15) is 9.38 Å². The Morgan fingerprint density at radius 3 is 2.78 bits per heavy atom. The zero-order chi connectivity index (χ0) is 16.4. The summed E-state index contributed by atoms with van der Waals surface area (Å²) in [6.07, 6.45) is 2.43. The third-order valence-corrected chi connectivity index (χ3v) is 4.40. The van der Waals surface area contributed by atoms with Crippen LogP contribution in [0.4, 0.5) is 11.6 Å². The number of imidazole rings is 1. The van der Waals surface area contributed by atoms with E-state index in [1.54, 1.807) is 18.7 Å². The van der Waals surface area contributed by atoms with Gasteiger partial charge in [-0.3, -0.25) is 0 Å². The second-order valence-electron chi connectivity index (χ2n) is 4.98. The molecule has 0 saturated heterocycles. The number of hydrogen-bond acceptors (Lipinski definition) is 6. The molecule has 23 heavy (non-hydrogen) atoms. The van der Waals surface area contributed by atoms with Crippen LogP contribution >= 0.6 is 11.3 Å². The first-order chi connectivity index (χ1) is 11.1. The van der Waals surface area contributed by atoms with Crippen LogP contribution in [-0.2, 0) is 0 Å². The number of anilines is 1. The number of nitro groups is 1. The molecule has 1 atom stereocenters. The van der Waals surface area contributed by atoms with Gasteiger partial charge in [-0.15, -0.1) is 0 Å². The van der Waals surface area contributed by atoms with E-state index < -0.39 is 4.92 Å². The molecule has 0 amide bonds. The van der Waals surface area contributed by atoms with Gasteiger partial charge >= 0.3 is 5.82 Å². The van der Waals surface area contributed by atoms with Crippen LogP contribution in [-0.4, -0.2) is 21.4 Å². The number of fused-ring (bicyclic) bond motifs is 1. The second-order valence-corrected chi connectivity index (χ2v) is 5.85. The second kappa shape index (κ2) is 6.25. The minimum absolute atomic E-state index is 0.0341. The van der Waals surface area contributed by atoms with Gasteiger partial charge in [-0.1, -0.05) is 30.4 Å². The van der Waals surface area contributed by atoms with E-state index in [2.05, 4.69) is 10.3 Å². The molecule has 8 heteroatoms. The Balaban J connectivity index is 1.93. The minimum atomic E-state index is -0.407. The number of nitrogens with one attached hydrogen (secondary N) is 1. The molecule has 1 aromatic carbocycles. The van der Waals surface area contributed by atoms with Crippen LogP contribution in [0.15, 0.2) is 35.8 Å². The Hall–Kier alpha value is -2.61. The van der Waals surface area contributed by atoms with Crippen LogP contribution in [0.5, 0.6) is 5.75 Å². The lowest BCUT2D eigenvalue weighted by molar-refractivity contribution is -0.389. The summed E-state index contributed by atoms with van der Waals surface area (Å²) in [6, 6.07) is 7.58. The number of hydrogen-bond donors (Lipinski definition) is 1. The molecule has 2 heterocycles. The molecule has 0 fully saturated rings. The first kappa shape index (κ1) is 15.3. The van der Waals surface area contributed by atoms with E-state index in [0.717, 1.165) is 17.7 Å². The van der Waals surface area contributed by atoms with Gasteiger partial charge in [-0.25, -0.2) is 0 Å². The fourth-order valence-corrected chi connectivity index (χ4v) is 3.18. The molecule has 2 aromatic heterocycles. The van der Waals surface area contributed by atoms with E-state index in [9.17, 15) is 10.1 Å². The van der Waals surface area contributed by atoms with E-state index in [4.69, 9.17) is 4.74 Å². The van der Waals surface area contributed by atoms with E-state index in [1.807, 2.05) is 31.2 Å². The summed E-state index contributed by atoms with van der Waals surface area (Å²) in [5.74, 6) is 1.04. The van der Waals surface area contributed by atoms with Crippen molar-refractivity contribution in [3.8, 4) is 5.75 Å². The summed E-state index contributed by atoms with van der Waals surface area (Å²) in [4.78, 5) is 15.9. The molecule has 120 valence electrons. The SMILES string of the molecule is CCC(Nc1nc2sccn2c1[N+](=O)[O-])c1ccc(OC)cc1. The molecule has 7 nitrogen and oxygen atoms in total. The summed E-state index contributed by atoms with van der Waals surface area (Å²) in [6.45, 7) is 2.02. The number of nitrogens with zero attached hydrogens (tertiary/aromatic N) is 3. The molecule has 1 N–H and O–H groups in total. The highest BCUT2D eigenvalue weighted by Gasteiger charge is 2.25. The van der Waals surface area contributed by atoms with Crippen molar-refractivity contribution in [2.24, 2.45) is 0 Å². The van der Waals surface area contributed by atoms with Gasteiger partial charge < -0.3 is 20.2 Å². The van der Waals surface area contributed by atoms with Gasteiger partial charge in [0.25, 0.3) is 4.96 Å². The van der Waals surface area contributed by atoms with Crippen molar-refractivity contribution in [2.45, 2.75) is 19.4 Å². The molecule has 0 radical (unpaired) electrons. The predicted molar refractivity (Wildman–Crippen MR) is 89.4 cm³/mol. The number of methoxy groups -OCH3 is 1. The van der Waals surface area contributed by atoms with E-state index >= 15 is 0 Å². The van der Waals surface area contributed by atoms with Crippen LogP contribution < -0.4 is 10.1 Å². The molecule has 1 unspecified atom stereocenters. The first-order valence-electron chi connectivity index (χ1n) is 7.14. The maximum Gasteiger partial charge on any atom is 0.372 e. The number of aromatic nitrogens is 2. The third-order valence-electron chi connectivity index (χ3n) is 3.65. The number of rotatable bonds is 6. The Morgan fingerprint density at radius 1 is 1.43 bits per heavy atom. The van der Waals surface area contributed by atoms with Gasteiger partial charge in [0, 0.05) is 5.38 Å². The Morgan fingerprint density at radius 2 is 2.17 bits per heavy atom. The zero-order valence-electron chi connectivity index (χ0n) is 12.7. The van der Waals surface area contributed by atoms with Crippen LogP contribution in [0.25, 0.3) is 4.96 Å². The highest BCUT2D eigenvalue weighted by atomic mass is 32.1. The average molecular weight is 332 g/mol. The van der Waals surface area contributed by atoms with Crippen LogP contribution in [0, 0.1) is 10.1 Å². The smallest absolute Gasteiger partial charge is 0.372 e. The van der Waals surface area contributed by atoms with Crippen LogP contribution in [0.3, 0.4) is 0 Å². The molecular weight excluding hydrogens is 316 g/mol. The number of ether oxygens (including phenoxy) is 1. The predicted octanol–water partition coefficient (Wildman–Crippen LogP) is 3.88. The van der Waals surface area contributed by atoms with E-state index in [0.29, 0.717) is 10.8 Å². The van der Waals surface area contributed by atoms with Crippen LogP contribution in [0.2, 0.25) is 0 Å². The largest absolute Gasteiger partial charge is 0.497 e. The van der Waals surface area contributed by atoms with Crippen molar-refractivity contribution in [2.75, 3.05) is 12.4 Å². The fourth-order valence-electron chi connectivity index (χ4n) is 2.47. The summed E-state index contributed by atoms with van der Waals surface area (Å²) in [7, 11) is 1.62. The maximum atomic E-state index is 11.4. The zero-order valence-corrected chi connectivity index (χ0v) is 13.5. The van der Waals surface area contributed by atoms with Gasteiger partial charge in [0.2, 0.25) is 5.82 Å². The van der Waals surface area contributed by atoms with Gasteiger partial charge in [0.1, 0.15) is 11.9 Å². The Labute approximate surface area is 136 Å². The number of thiazole rings is 1. The lowest BCUT2D eigenvalue weighted by Crippen LogP contribution is -2.11. The molecule has 0 aliphatic rings.